The molecule has 11 atom stereocenters. The number of nitrogens with two attached hydrogens (primary N) is 4. The van der Waals surface area contributed by atoms with Crippen molar-refractivity contribution in [3.8, 4) is 0 Å². The highest BCUT2D eigenvalue weighted by atomic mass is 16.3. The second-order valence-electron chi connectivity index (χ2n) is 22.9. The van der Waals surface area contributed by atoms with Gasteiger partial charge in [-0.05, 0) is 126 Å². The lowest BCUT2D eigenvalue weighted by Crippen LogP contribution is -2.62. The molecule has 10 amide bonds. The number of nitrogens with one attached hydrogen (secondary N) is 9. The zero-order valence-corrected chi connectivity index (χ0v) is 49.2. The van der Waals surface area contributed by atoms with Gasteiger partial charge in [-0.15, -0.1) is 0 Å². The van der Waals surface area contributed by atoms with Crippen molar-refractivity contribution in [1.29, 1.82) is 0 Å². The summed E-state index contributed by atoms with van der Waals surface area (Å²) in [5.41, 5.74) is 22.6. The van der Waals surface area contributed by atoms with Crippen LogP contribution in [0.3, 0.4) is 0 Å². The van der Waals surface area contributed by atoms with Crippen molar-refractivity contribution in [2.75, 3.05) is 19.6 Å². The van der Waals surface area contributed by atoms with Gasteiger partial charge in [-0.2, -0.15) is 0 Å². The maximum absolute atomic E-state index is 14.4. The summed E-state index contributed by atoms with van der Waals surface area (Å²) in [7, 11) is 0. The average molecular weight is 1110 g/mol. The van der Waals surface area contributed by atoms with Crippen LogP contribution in [-0.2, 0) is 47.9 Å². The van der Waals surface area contributed by atoms with Gasteiger partial charge in [0.15, 0.2) is 0 Å². The Bertz CT molecular complexity index is 1900. The summed E-state index contributed by atoms with van der Waals surface area (Å²) in [4.78, 5) is 137. The lowest BCUT2D eigenvalue weighted by molar-refractivity contribution is -0.137. The molecule has 24 heteroatoms. The maximum atomic E-state index is 14.4. The monoisotopic (exact) mass is 1110 g/mol. The Labute approximate surface area is 464 Å². The summed E-state index contributed by atoms with van der Waals surface area (Å²) in [5, 5.41) is 35.1. The van der Waals surface area contributed by atoms with E-state index in [1.165, 1.54) is 6.92 Å². The van der Waals surface area contributed by atoms with E-state index >= 15 is 0 Å². The number of aliphatic hydroxyl groups is 1. The molecule has 0 radical (unpaired) electrons. The van der Waals surface area contributed by atoms with Gasteiger partial charge in [-0.1, -0.05) is 89.5 Å². The van der Waals surface area contributed by atoms with Gasteiger partial charge in [0.05, 0.1) is 12.6 Å². The molecule has 0 bridgehead atoms. The van der Waals surface area contributed by atoms with Crippen LogP contribution < -0.4 is 70.8 Å². The highest BCUT2D eigenvalue weighted by Gasteiger charge is 2.37. The molecule has 0 heterocycles. The number of amides is 10. The van der Waals surface area contributed by atoms with Gasteiger partial charge in [0.1, 0.15) is 54.4 Å². The topological polar surface area (TPSA) is 403 Å². The van der Waals surface area contributed by atoms with Crippen molar-refractivity contribution in [3.05, 3.63) is 0 Å². The Morgan fingerprint density at radius 2 is 0.654 bits per heavy atom. The largest absolute Gasteiger partial charge is 0.391 e. The number of hydrogen-bond acceptors (Lipinski definition) is 14. The minimum atomic E-state index is -1.61. The van der Waals surface area contributed by atoms with Gasteiger partial charge >= 0.3 is 0 Å². The van der Waals surface area contributed by atoms with Crippen molar-refractivity contribution in [2.24, 2.45) is 58.4 Å². The molecule has 0 saturated carbocycles. The quantitative estimate of drug-likeness (QED) is 0.0351. The van der Waals surface area contributed by atoms with Crippen LogP contribution in [0.15, 0.2) is 0 Å². The third-order valence-corrected chi connectivity index (χ3v) is 12.9. The van der Waals surface area contributed by atoms with E-state index in [0.717, 1.165) is 0 Å². The second kappa shape index (κ2) is 38.2. The minimum absolute atomic E-state index is 0.00268. The third kappa shape index (κ3) is 29.0. The summed E-state index contributed by atoms with van der Waals surface area (Å²) < 4.78 is 0. The van der Waals surface area contributed by atoms with Gasteiger partial charge in [-0.3, -0.25) is 47.9 Å². The first-order valence-electron chi connectivity index (χ1n) is 28.2. The smallest absolute Gasteiger partial charge is 0.245 e. The Balaban J connectivity index is 6.83. The lowest BCUT2D eigenvalue weighted by Gasteiger charge is -2.31. The normalized spacial score (nSPS) is 15.8. The Morgan fingerprint density at radius 1 is 0.372 bits per heavy atom. The number of carbonyl (C=O) groups is 10. The molecule has 0 spiro atoms. The first kappa shape index (κ1) is 72.5. The van der Waals surface area contributed by atoms with E-state index in [9.17, 15) is 53.1 Å². The molecule has 0 aromatic heterocycles. The standard InChI is InChI=1S/C54H103N13O11/c1-14-34(12)44(53(77)61-37(20-16-18-22-56)48(72)67-45(35(13)68)54(78)65-41(26-32(8)9)51(75)62-38(46(58)70)23-29(2)3)66-52(76)42(27-33(10)11)63-47(71)36(19-15-17-21-55)60-50(74)40(25-31(6)7)64-49(73)39(24-30(4)5)59-43(69)28-57/h29-42,44-45,68H,14-28,55-57H2,1-13H3,(H2,58,70)(H,59,69)(H,60,74)(H,61,77)(H,62,75)(H,63,71)(H,64,73)(H,65,78)(H,66,76)(H,67,72)/t34-,35+,36-,37-,38-,39-,40-,41-,42-,44-,45-/m0/s1. The fourth-order valence-electron chi connectivity index (χ4n) is 8.53. The van der Waals surface area contributed by atoms with Gasteiger partial charge in [0.2, 0.25) is 59.1 Å². The van der Waals surface area contributed by atoms with E-state index in [-0.39, 0.29) is 87.6 Å². The van der Waals surface area contributed by atoms with Gasteiger partial charge in [0.25, 0.3) is 0 Å². The number of unbranched alkanes of at least 4 members (excludes halogenated alkanes) is 2. The SMILES string of the molecule is CC[C@H](C)[C@H](NC(=O)[C@H](CC(C)C)NC(=O)[C@H](CCCCN)NC(=O)[C@H](CC(C)C)NC(=O)[C@H](CC(C)C)NC(=O)CN)C(=O)N[C@@H](CCCCN)C(=O)N[C@H](C(=O)N[C@@H](CC(C)C)C(=O)N[C@@H](CC(C)C)C(N)=O)[C@@H](C)O. The predicted molar refractivity (Wildman–Crippen MR) is 300 cm³/mol. The molecule has 18 N–H and O–H groups in total. The van der Waals surface area contributed by atoms with Crippen molar-refractivity contribution < 1.29 is 53.1 Å². The summed E-state index contributed by atoms with van der Waals surface area (Å²) in [5.74, 6) is -7.99. The van der Waals surface area contributed by atoms with E-state index in [2.05, 4.69) is 47.9 Å². The van der Waals surface area contributed by atoms with Crippen LogP contribution in [0.25, 0.3) is 0 Å². The van der Waals surface area contributed by atoms with Gasteiger partial charge in [0, 0.05) is 0 Å². The molecule has 0 aliphatic heterocycles. The number of hydrogen-bond donors (Lipinski definition) is 14. The molecule has 0 fully saturated rings. The van der Waals surface area contributed by atoms with Crippen LogP contribution in [-0.4, -0.2) is 144 Å². The Morgan fingerprint density at radius 3 is 1.00 bits per heavy atom. The zero-order valence-electron chi connectivity index (χ0n) is 49.2. The first-order chi connectivity index (χ1) is 36.4. The molecule has 0 aliphatic rings. The van der Waals surface area contributed by atoms with Gasteiger partial charge in [-0.25, -0.2) is 0 Å². The number of aliphatic hydroxyl groups excluding tert-OH is 1. The molecule has 0 aromatic carbocycles. The van der Waals surface area contributed by atoms with Crippen molar-refractivity contribution in [2.45, 2.75) is 228 Å². The highest BCUT2D eigenvalue weighted by molar-refractivity contribution is 5.98. The summed E-state index contributed by atoms with van der Waals surface area (Å²) >= 11 is 0. The molecule has 0 aliphatic carbocycles. The molecular weight excluding hydrogens is 1010 g/mol. The molecule has 0 rings (SSSR count). The summed E-state index contributed by atoms with van der Waals surface area (Å²) in [6.07, 6.45) is 1.80. The maximum Gasteiger partial charge on any atom is 0.245 e. The van der Waals surface area contributed by atoms with Crippen LogP contribution in [0.1, 0.15) is 167 Å². The molecule has 0 aromatic rings. The highest BCUT2D eigenvalue weighted by Crippen LogP contribution is 2.16. The van der Waals surface area contributed by atoms with Crippen LogP contribution in [0.5, 0.6) is 0 Å². The molecule has 78 heavy (non-hydrogen) atoms. The Hall–Kier alpha value is -5.46. The van der Waals surface area contributed by atoms with Crippen LogP contribution in [0, 0.1) is 35.5 Å². The average Bonchev–Trinajstić information content (AvgIpc) is 3.33. The summed E-state index contributed by atoms with van der Waals surface area (Å²) in [6, 6.07) is -10.8. The molecular formula is C54H103N13O11. The van der Waals surface area contributed by atoms with E-state index in [4.69, 9.17) is 22.9 Å². The van der Waals surface area contributed by atoms with Crippen molar-refractivity contribution in [3.63, 3.8) is 0 Å². The molecule has 24 nitrogen and oxygen atoms in total. The van der Waals surface area contributed by atoms with E-state index < -0.39 is 125 Å². The fourth-order valence-corrected chi connectivity index (χ4v) is 8.53. The van der Waals surface area contributed by atoms with Crippen molar-refractivity contribution >= 4 is 59.1 Å². The third-order valence-electron chi connectivity index (χ3n) is 12.9. The lowest BCUT2D eigenvalue weighted by atomic mass is 9.95. The zero-order chi connectivity index (χ0) is 60.0. The fraction of sp³-hybridized carbons (Fsp3) is 0.815. The van der Waals surface area contributed by atoms with Crippen LogP contribution in [0.4, 0.5) is 0 Å². The van der Waals surface area contributed by atoms with E-state index in [0.29, 0.717) is 38.6 Å². The summed E-state index contributed by atoms with van der Waals surface area (Å²) in [6.45, 7) is 23.6. The molecule has 0 saturated heterocycles. The number of primary amides is 1. The van der Waals surface area contributed by atoms with E-state index in [1.807, 2.05) is 69.2 Å². The predicted octanol–water partition coefficient (Wildman–Crippen LogP) is -0.291. The Kier molecular flexibility index (Phi) is 35.5. The van der Waals surface area contributed by atoms with E-state index in [1.54, 1.807) is 13.8 Å². The number of carbonyl (C=O) groups excluding carboxylic acids is 10. The second-order valence-corrected chi connectivity index (χ2v) is 22.9. The number of rotatable bonds is 40. The van der Waals surface area contributed by atoms with Gasteiger partial charge < -0.3 is 75.9 Å². The minimum Gasteiger partial charge on any atom is -0.391 e. The van der Waals surface area contributed by atoms with Crippen LogP contribution >= 0.6 is 0 Å². The van der Waals surface area contributed by atoms with Crippen molar-refractivity contribution in [1.82, 2.24) is 47.9 Å². The molecule has 0 unspecified atom stereocenters. The molecule has 450 valence electrons. The van der Waals surface area contributed by atoms with Crippen LogP contribution in [0.2, 0.25) is 0 Å². The first-order valence-corrected chi connectivity index (χ1v) is 28.2.